The summed E-state index contributed by atoms with van der Waals surface area (Å²) in [6.07, 6.45) is 8.68. The van der Waals surface area contributed by atoms with E-state index in [0.717, 1.165) is 72.9 Å². The van der Waals surface area contributed by atoms with Crippen molar-refractivity contribution >= 4 is 16.8 Å². The first-order valence-corrected chi connectivity index (χ1v) is 12.4. The van der Waals surface area contributed by atoms with Crippen LogP contribution in [0.3, 0.4) is 0 Å². The van der Waals surface area contributed by atoms with Crippen LogP contribution in [0.4, 0.5) is 4.39 Å². The molecule has 1 heterocycles. The molecule has 4 nitrogen and oxygen atoms in total. The van der Waals surface area contributed by atoms with Crippen molar-refractivity contribution in [2.24, 2.45) is 0 Å². The highest BCUT2D eigenvalue weighted by Crippen LogP contribution is 2.43. The maximum atomic E-state index is 14.6. The minimum absolute atomic E-state index is 0.0764. The lowest BCUT2D eigenvalue weighted by Gasteiger charge is -2.29. The summed E-state index contributed by atoms with van der Waals surface area (Å²) in [5.74, 6) is 1.35. The Morgan fingerprint density at radius 3 is 2.58 bits per heavy atom. The number of benzene rings is 2. The number of rotatable bonds is 10. The number of halogens is 1. The fourth-order valence-corrected chi connectivity index (χ4v) is 5.09. The average Bonchev–Trinajstić information content (AvgIpc) is 3.54. The molecule has 1 aromatic heterocycles. The molecule has 1 N–H and O–H groups in total. The minimum Gasteiger partial charge on any atom is -0.385 e. The standard InChI is InChI=1S/C28H33FN2O2/c1-28(33,20-8-3-2-4-9-20)18-22(32)12-5-6-13-27-30-25-17-24(29)23(19-14-15-19)16-26(25)31(27)21-10-7-11-21/h2-4,8-9,16-17,19,21,33H,5-7,10-15,18H2,1H3. The van der Waals surface area contributed by atoms with Gasteiger partial charge in [0.1, 0.15) is 17.4 Å². The summed E-state index contributed by atoms with van der Waals surface area (Å²) in [4.78, 5) is 17.3. The molecule has 2 saturated carbocycles. The molecule has 1 atom stereocenters. The Balaban J connectivity index is 1.23. The normalized spacial score (nSPS) is 18.3. The van der Waals surface area contributed by atoms with Gasteiger partial charge in [0.2, 0.25) is 0 Å². The third-order valence-corrected chi connectivity index (χ3v) is 7.38. The van der Waals surface area contributed by atoms with Gasteiger partial charge >= 0.3 is 0 Å². The van der Waals surface area contributed by atoms with Gasteiger partial charge in [-0.3, -0.25) is 4.79 Å². The molecule has 2 fully saturated rings. The van der Waals surface area contributed by atoms with Gasteiger partial charge in [-0.05, 0) is 75.0 Å². The van der Waals surface area contributed by atoms with Crippen molar-refractivity contribution in [3.63, 3.8) is 0 Å². The van der Waals surface area contributed by atoms with Crippen molar-refractivity contribution in [1.82, 2.24) is 9.55 Å². The van der Waals surface area contributed by atoms with E-state index in [1.54, 1.807) is 13.0 Å². The number of nitrogens with zero attached hydrogens (tertiary/aromatic N) is 2. The Morgan fingerprint density at radius 1 is 1.15 bits per heavy atom. The maximum absolute atomic E-state index is 14.6. The summed E-state index contributed by atoms with van der Waals surface area (Å²) in [6.45, 7) is 1.70. The fourth-order valence-electron chi connectivity index (χ4n) is 5.09. The first-order chi connectivity index (χ1) is 15.9. The zero-order chi connectivity index (χ0) is 23.0. The number of aliphatic hydroxyl groups is 1. The van der Waals surface area contributed by atoms with E-state index in [1.165, 1.54) is 6.42 Å². The Morgan fingerprint density at radius 2 is 1.91 bits per heavy atom. The number of hydrogen-bond acceptors (Lipinski definition) is 3. The van der Waals surface area contributed by atoms with Gasteiger partial charge in [-0.2, -0.15) is 0 Å². The summed E-state index contributed by atoms with van der Waals surface area (Å²) >= 11 is 0. The molecule has 33 heavy (non-hydrogen) atoms. The largest absolute Gasteiger partial charge is 0.385 e. The van der Waals surface area contributed by atoms with Gasteiger partial charge in [0.15, 0.2) is 0 Å². The summed E-state index contributed by atoms with van der Waals surface area (Å²) in [6, 6.07) is 13.5. The van der Waals surface area contributed by atoms with E-state index in [9.17, 15) is 14.3 Å². The van der Waals surface area contributed by atoms with Gasteiger partial charge in [-0.25, -0.2) is 9.37 Å². The third kappa shape index (κ3) is 4.74. The van der Waals surface area contributed by atoms with Crippen LogP contribution in [-0.4, -0.2) is 20.4 Å². The SMILES string of the molecule is CC(O)(CC(=O)CCCCc1nc2cc(F)c(C3CC3)cc2n1C1CCC1)c1ccccc1. The Kier molecular flexibility index (Phi) is 6.09. The van der Waals surface area contributed by atoms with Crippen molar-refractivity contribution < 1.29 is 14.3 Å². The number of carbonyl (C=O) groups excluding carboxylic acids is 1. The summed E-state index contributed by atoms with van der Waals surface area (Å²) in [5.41, 5.74) is 2.32. The quantitative estimate of drug-likeness (QED) is 0.367. The summed E-state index contributed by atoms with van der Waals surface area (Å²) < 4.78 is 16.9. The van der Waals surface area contributed by atoms with Crippen molar-refractivity contribution in [2.75, 3.05) is 0 Å². The molecule has 0 aliphatic heterocycles. The molecule has 2 aromatic carbocycles. The summed E-state index contributed by atoms with van der Waals surface area (Å²) in [7, 11) is 0. The molecule has 5 rings (SSSR count). The van der Waals surface area contributed by atoms with Crippen LogP contribution in [0.25, 0.3) is 11.0 Å². The molecule has 0 saturated heterocycles. The van der Waals surface area contributed by atoms with Crippen molar-refractivity contribution in [1.29, 1.82) is 0 Å². The van der Waals surface area contributed by atoms with Gasteiger partial charge < -0.3 is 9.67 Å². The van der Waals surface area contributed by atoms with Crippen LogP contribution in [0, 0.1) is 5.82 Å². The predicted molar refractivity (Wildman–Crippen MR) is 128 cm³/mol. The highest BCUT2D eigenvalue weighted by Gasteiger charge is 2.30. The third-order valence-electron chi connectivity index (χ3n) is 7.38. The lowest BCUT2D eigenvalue weighted by molar-refractivity contribution is -0.123. The molecule has 1 unspecified atom stereocenters. The smallest absolute Gasteiger partial charge is 0.136 e. The van der Waals surface area contributed by atoms with Crippen LogP contribution in [0.5, 0.6) is 0 Å². The van der Waals surface area contributed by atoms with E-state index >= 15 is 0 Å². The van der Waals surface area contributed by atoms with Crippen LogP contribution < -0.4 is 0 Å². The van der Waals surface area contributed by atoms with E-state index in [1.807, 2.05) is 36.4 Å². The molecular formula is C28H33FN2O2. The molecule has 2 aliphatic rings. The van der Waals surface area contributed by atoms with E-state index in [2.05, 4.69) is 4.57 Å². The maximum Gasteiger partial charge on any atom is 0.136 e. The fraction of sp³-hybridized carbons (Fsp3) is 0.500. The van der Waals surface area contributed by atoms with E-state index in [0.29, 0.717) is 18.4 Å². The number of unbranched alkanes of at least 4 members (excludes halogenated alkanes) is 1. The number of carbonyl (C=O) groups is 1. The van der Waals surface area contributed by atoms with Crippen LogP contribution in [0.2, 0.25) is 0 Å². The number of aromatic nitrogens is 2. The first kappa shape index (κ1) is 22.3. The molecule has 0 spiro atoms. The van der Waals surface area contributed by atoms with Gasteiger partial charge in [0.25, 0.3) is 0 Å². The first-order valence-electron chi connectivity index (χ1n) is 12.4. The van der Waals surface area contributed by atoms with Crippen molar-refractivity contribution in [3.05, 3.63) is 65.2 Å². The Labute approximate surface area is 194 Å². The minimum atomic E-state index is -1.14. The molecule has 0 radical (unpaired) electrons. The van der Waals surface area contributed by atoms with E-state index < -0.39 is 5.60 Å². The van der Waals surface area contributed by atoms with Gasteiger partial charge in [0.05, 0.1) is 16.6 Å². The van der Waals surface area contributed by atoms with Crippen molar-refractivity contribution in [2.45, 2.75) is 88.7 Å². The zero-order valence-electron chi connectivity index (χ0n) is 19.4. The van der Waals surface area contributed by atoms with Crippen molar-refractivity contribution in [3.8, 4) is 0 Å². The van der Waals surface area contributed by atoms with E-state index in [-0.39, 0.29) is 18.0 Å². The Bertz CT molecular complexity index is 1140. The number of ketones is 1. The second-order valence-corrected chi connectivity index (χ2v) is 10.2. The molecule has 5 heteroatoms. The van der Waals surface area contributed by atoms with Crippen LogP contribution in [0.1, 0.15) is 93.6 Å². The summed E-state index contributed by atoms with van der Waals surface area (Å²) in [5, 5.41) is 10.7. The molecule has 0 amide bonds. The molecule has 0 bridgehead atoms. The van der Waals surface area contributed by atoms with Crippen LogP contribution >= 0.6 is 0 Å². The number of Topliss-reactive ketones (excluding diaryl/α,β-unsaturated/α-hetero) is 1. The highest BCUT2D eigenvalue weighted by atomic mass is 19.1. The second-order valence-electron chi connectivity index (χ2n) is 10.2. The van der Waals surface area contributed by atoms with E-state index in [4.69, 9.17) is 4.98 Å². The Hall–Kier alpha value is -2.53. The number of imidazole rings is 1. The number of aryl methyl sites for hydroxylation is 1. The van der Waals surface area contributed by atoms with Gasteiger partial charge in [0, 0.05) is 31.4 Å². The molecule has 174 valence electrons. The second kappa shape index (κ2) is 9.02. The zero-order valence-corrected chi connectivity index (χ0v) is 19.4. The monoisotopic (exact) mass is 448 g/mol. The highest BCUT2D eigenvalue weighted by molar-refractivity contribution is 5.79. The van der Waals surface area contributed by atoms with Crippen LogP contribution in [-0.2, 0) is 16.8 Å². The molecular weight excluding hydrogens is 415 g/mol. The van der Waals surface area contributed by atoms with Crippen LogP contribution in [0.15, 0.2) is 42.5 Å². The lowest BCUT2D eigenvalue weighted by atomic mass is 9.89. The number of fused-ring (bicyclic) bond motifs is 1. The predicted octanol–water partition coefficient (Wildman–Crippen LogP) is 6.36. The molecule has 2 aliphatic carbocycles. The van der Waals surface area contributed by atoms with Gasteiger partial charge in [-0.15, -0.1) is 0 Å². The average molecular weight is 449 g/mol. The number of hydrogen-bond donors (Lipinski definition) is 1. The molecule has 3 aromatic rings. The lowest BCUT2D eigenvalue weighted by Crippen LogP contribution is -2.25. The van der Waals surface area contributed by atoms with Gasteiger partial charge in [-0.1, -0.05) is 30.3 Å². The topological polar surface area (TPSA) is 55.1 Å².